The van der Waals surface area contributed by atoms with Crippen LogP contribution in [0.1, 0.15) is 23.2 Å². The van der Waals surface area contributed by atoms with Gasteiger partial charge in [-0.25, -0.2) is 9.78 Å². The Morgan fingerprint density at radius 3 is 2.45 bits per heavy atom. The van der Waals surface area contributed by atoms with Crippen LogP contribution in [0.15, 0.2) is 23.4 Å². The fraction of sp³-hybridized carbons (Fsp3) is 0.357. The topological polar surface area (TPSA) is 118 Å². The van der Waals surface area contributed by atoms with Crippen LogP contribution in [0, 0.1) is 22.7 Å². The third kappa shape index (κ3) is 5.43. The molecule has 0 saturated carbocycles. The highest BCUT2D eigenvalue weighted by molar-refractivity contribution is 8.00. The normalized spacial score (nSPS) is 9.55. The molecule has 0 aliphatic rings. The number of hydrogen-bond acceptors (Lipinski definition) is 6. The fourth-order valence-corrected chi connectivity index (χ4v) is 2.51. The number of carboxylic acids is 1. The van der Waals surface area contributed by atoms with Gasteiger partial charge < -0.3 is 10.0 Å². The minimum Gasteiger partial charge on any atom is -0.478 e. The minimum atomic E-state index is -1.10. The first-order valence-corrected chi connectivity index (χ1v) is 7.41. The summed E-state index contributed by atoms with van der Waals surface area (Å²) in [6, 6.07) is 6.84. The number of carboxylic acid groups (broad SMARTS) is 1. The molecule has 114 valence electrons. The summed E-state index contributed by atoms with van der Waals surface area (Å²) in [5.74, 6) is -1.35. The van der Waals surface area contributed by atoms with Gasteiger partial charge in [-0.05, 0) is 12.1 Å². The lowest BCUT2D eigenvalue weighted by Gasteiger charge is -2.20. The number of nitrogens with zero attached hydrogens (tertiary/aromatic N) is 4. The zero-order chi connectivity index (χ0) is 16.4. The molecule has 0 bridgehead atoms. The molecule has 1 N–H and O–H groups in total. The van der Waals surface area contributed by atoms with Crippen LogP contribution in [-0.4, -0.2) is 45.7 Å². The lowest BCUT2D eigenvalue weighted by atomic mass is 10.3. The van der Waals surface area contributed by atoms with E-state index in [1.807, 2.05) is 12.1 Å². The van der Waals surface area contributed by atoms with Crippen molar-refractivity contribution in [2.75, 3.05) is 18.8 Å². The van der Waals surface area contributed by atoms with Crippen molar-refractivity contribution >= 4 is 23.6 Å². The van der Waals surface area contributed by atoms with E-state index in [1.165, 1.54) is 23.2 Å². The second kappa shape index (κ2) is 9.37. The molecule has 0 fully saturated rings. The van der Waals surface area contributed by atoms with Crippen molar-refractivity contribution in [3.05, 3.63) is 23.9 Å². The molecule has 0 unspecified atom stereocenters. The molecule has 22 heavy (non-hydrogen) atoms. The molecule has 1 amide bonds. The van der Waals surface area contributed by atoms with Gasteiger partial charge in [0.05, 0.1) is 36.3 Å². The average molecular weight is 318 g/mol. The lowest BCUT2D eigenvalue weighted by molar-refractivity contribution is -0.128. The van der Waals surface area contributed by atoms with E-state index in [4.69, 9.17) is 15.6 Å². The number of hydrogen-bond donors (Lipinski definition) is 1. The van der Waals surface area contributed by atoms with E-state index in [-0.39, 0.29) is 48.2 Å². The number of aromatic nitrogens is 1. The van der Waals surface area contributed by atoms with E-state index < -0.39 is 5.97 Å². The molecule has 0 aliphatic carbocycles. The van der Waals surface area contributed by atoms with E-state index in [1.54, 1.807) is 0 Å². The highest BCUT2D eigenvalue weighted by atomic mass is 32.2. The van der Waals surface area contributed by atoms with Gasteiger partial charge in [-0.1, -0.05) is 11.8 Å². The standard InChI is InChI=1S/C14H14N4O3S/c15-5-2-8-18(9-3-6-16)12(19)10-22-13-11(14(20)21)4-1-7-17-13/h1,4,7H,2-3,8-10H2,(H,20,21). The summed E-state index contributed by atoms with van der Waals surface area (Å²) < 4.78 is 0. The Balaban J connectivity index is 2.68. The van der Waals surface area contributed by atoms with E-state index in [0.717, 1.165) is 11.8 Å². The number of amides is 1. The van der Waals surface area contributed by atoms with Gasteiger partial charge in [0.15, 0.2) is 0 Å². The summed E-state index contributed by atoms with van der Waals surface area (Å²) in [7, 11) is 0. The van der Waals surface area contributed by atoms with Crippen LogP contribution in [0.4, 0.5) is 0 Å². The number of aromatic carboxylic acids is 1. The second-order valence-electron chi connectivity index (χ2n) is 4.15. The molecule has 1 rings (SSSR count). The van der Waals surface area contributed by atoms with Crippen LogP contribution in [-0.2, 0) is 4.79 Å². The van der Waals surface area contributed by atoms with Gasteiger partial charge in [0.2, 0.25) is 5.91 Å². The van der Waals surface area contributed by atoms with Crippen LogP contribution in [0.25, 0.3) is 0 Å². The van der Waals surface area contributed by atoms with E-state index >= 15 is 0 Å². The zero-order valence-corrected chi connectivity index (χ0v) is 12.5. The molecule has 1 aromatic heterocycles. The Hall–Kier alpha value is -2.58. The number of rotatable bonds is 8. The summed E-state index contributed by atoms with van der Waals surface area (Å²) >= 11 is 1.03. The predicted molar refractivity (Wildman–Crippen MR) is 79.0 cm³/mol. The molecule has 0 radical (unpaired) electrons. The van der Waals surface area contributed by atoms with Gasteiger partial charge in [0.25, 0.3) is 0 Å². The Kier molecular flexibility index (Phi) is 7.44. The number of thioether (sulfide) groups is 1. The van der Waals surface area contributed by atoms with Crippen LogP contribution in [0.2, 0.25) is 0 Å². The molecule has 0 spiro atoms. The molecule has 1 heterocycles. The van der Waals surface area contributed by atoms with Crippen molar-refractivity contribution in [2.45, 2.75) is 17.9 Å². The van der Waals surface area contributed by atoms with Gasteiger partial charge >= 0.3 is 5.97 Å². The number of pyridine rings is 1. The summed E-state index contributed by atoms with van der Waals surface area (Å²) in [6.45, 7) is 0.511. The van der Waals surface area contributed by atoms with Crippen molar-refractivity contribution in [1.82, 2.24) is 9.88 Å². The quantitative estimate of drug-likeness (QED) is 0.722. The first-order chi connectivity index (χ1) is 10.6. The molecular formula is C14H14N4O3S. The third-order valence-corrected chi connectivity index (χ3v) is 3.66. The summed E-state index contributed by atoms with van der Waals surface area (Å²) in [5.41, 5.74) is 0.0425. The summed E-state index contributed by atoms with van der Waals surface area (Å²) in [4.78, 5) is 28.6. The highest BCUT2D eigenvalue weighted by Gasteiger charge is 2.16. The van der Waals surface area contributed by atoms with Gasteiger partial charge in [-0.2, -0.15) is 10.5 Å². The number of carbonyl (C=O) groups excluding carboxylic acids is 1. The molecule has 7 nitrogen and oxygen atoms in total. The first-order valence-electron chi connectivity index (χ1n) is 6.43. The first kappa shape index (κ1) is 17.5. The molecule has 1 aromatic rings. The number of carbonyl (C=O) groups is 2. The van der Waals surface area contributed by atoms with Crippen molar-refractivity contribution in [3.63, 3.8) is 0 Å². The van der Waals surface area contributed by atoms with Crippen LogP contribution in [0.5, 0.6) is 0 Å². The zero-order valence-electron chi connectivity index (χ0n) is 11.7. The Morgan fingerprint density at radius 2 is 1.91 bits per heavy atom. The smallest absolute Gasteiger partial charge is 0.338 e. The van der Waals surface area contributed by atoms with E-state index in [0.29, 0.717) is 0 Å². The predicted octanol–water partition coefficient (Wildman–Crippen LogP) is 1.53. The van der Waals surface area contributed by atoms with Gasteiger partial charge in [0, 0.05) is 19.3 Å². The number of nitriles is 2. The monoisotopic (exact) mass is 318 g/mol. The highest BCUT2D eigenvalue weighted by Crippen LogP contribution is 2.20. The minimum absolute atomic E-state index is 0.00809. The van der Waals surface area contributed by atoms with E-state index in [9.17, 15) is 9.59 Å². The second-order valence-corrected chi connectivity index (χ2v) is 5.11. The maximum atomic E-state index is 12.1. The van der Waals surface area contributed by atoms with Gasteiger partial charge in [-0.3, -0.25) is 4.79 Å². The SMILES string of the molecule is N#CCCN(CCC#N)C(=O)CSc1ncccc1C(=O)O. The maximum absolute atomic E-state index is 12.1. The molecule has 0 atom stereocenters. The molecule has 0 saturated heterocycles. The molecule has 0 aromatic carbocycles. The van der Waals surface area contributed by atoms with Crippen LogP contribution < -0.4 is 0 Å². The molecular weight excluding hydrogens is 304 g/mol. The average Bonchev–Trinajstić information content (AvgIpc) is 2.53. The van der Waals surface area contributed by atoms with Crippen molar-refractivity contribution < 1.29 is 14.7 Å². The van der Waals surface area contributed by atoms with Gasteiger partial charge in [-0.15, -0.1) is 0 Å². The van der Waals surface area contributed by atoms with Crippen LogP contribution >= 0.6 is 11.8 Å². The van der Waals surface area contributed by atoms with Crippen molar-refractivity contribution in [3.8, 4) is 12.1 Å². The molecule has 8 heteroatoms. The summed E-state index contributed by atoms with van der Waals surface area (Å²) in [6.07, 6.45) is 1.83. The lowest BCUT2D eigenvalue weighted by Crippen LogP contribution is -2.34. The molecule has 0 aliphatic heterocycles. The fourth-order valence-electron chi connectivity index (χ4n) is 1.62. The Labute approximate surface area is 132 Å². The van der Waals surface area contributed by atoms with Crippen molar-refractivity contribution in [2.24, 2.45) is 0 Å². The maximum Gasteiger partial charge on any atom is 0.338 e. The Morgan fingerprint density at radius 1 is 1.27 bits per heavy atom. The largest absolute Gasteiger partial charge is 0.478 e. The Bertz CT molecular complexity index is 603. The van der Waals surface area contributed by atoms with Gasteiger partial charge in [0.1, 0.15) is 5.03 Å². The third-order valence-electron chi connectivity index (χ3n) is 2.67. The van der Waals surface area contributed by atoms with Crippen LogP contribution in [0.3, 0.4) is 0 Å². The van der Waals surface area contributed by atoms with Crippen molar-refractivity contribution in [1.29, 1.82) is 10.5 Å². The summed E-state index contributed by atoms with van der Waals surface area (Å²) in [5, 5.41) is 26.5. The van der Waals surface area contributed by atoms with E-state index in [2.05, 4.69) is 4.98 Å².